The maximum absolute atomic E-state index is 13.8. The maximum Gasteiger partial charge on any atom is 0.132 e. The number of halogens is 1. The van der Waals surface area contributed by atoms with Crippen molar-refractivity contribution in [2.75, 3.05) is 13.1 Å². The van der Waals surface area contributed by atoms with E-state index in [0.717, 1.165) is 30.9 Å². The molecule has 0 amide bonds. The minimum atomic E-state index is -0.214. The molecule has 3 heteroatoms. The molecule has 98 valence electrons. The topological polar surface area (TPSA) is 24.9 Å². The molecule has 0 saturated carbocycles. The number of aromatic nitrogens is 1. The summed E-state index contributed by atoms with van der Waals surface area (Å²) in [6.07, 6.45) is 2.33. The van der Waals surface area contributed by atoms with Crippen molar-refractivity contribution in [2.24, 2.45) is 0 Å². The van der Waals surface area contributed by atoms with Crippen LogP contribution in [-0.2, 0) is 0 Å². The van der Waals surface area contributed by atoms with E-state index in [4.69, 9.17) is 0 Å². The fourth-order valence-corrected chi connectivity index (χ4v) is 2.60. The molecule has 0 unspecified atom stereocenters. The Morgan fingerprint density at radius 2 is 2.00 bits per heavy atom. The van der Waals surface area contributed by atoms with Crippen molar-refractivity contribution in [3.63, 3.8) is 0 Å². The highest BCUT2D eigenvalue weighted by molar-refractivity contribution is 5.59. The first kappa shape index (κ1) is 12.3. The summed E-state index contributed by atoms with van der Waals surface area (Å²) in [4.78, 5) is 4.65. The average molecular weight is 256 g/mol. The average Bonchev–Trinajstić information content (AvgIpc) is 2.49. The Balaban J connectivity index is 1.93. The lowest BCUT2D eigenvalue weighted by atomic mass is 9.95. The first-order valence-electron chi connectivity index (χ1n) is 6.77. The predicted octanol–water partition coefficient (Wildman–Crippen LogP) is 3.35. The van der Waals surface area contributed by atoms with Gasteiger partial charge in [-0.3, -0.25) is 4.98 Å². The van der Waals surface area contributed by atoms with Crippen LogP contribution in [0.2, 0.25) is 0 Å². The van der Waals surface area contributed by atoms with E-state index in [1.165, 1.54) is 12.5 Å². The van der Waals surface area contributed by atoms with Gasteiger partial charge in [0.1, 0.15) is 5.82 Å². The van der Waals surface area contributed by atoms with Crippen molar-refractivity contribution in [3.8, 4) is 11.3 Å². The van der Waals surface area contributed by atoms with E-state index in [1.807, 2.05) is 24.3 Å². The fourth-order valence-electron chi connectivity index (χ4n) is 2.60. The molecule has 2 nitrogen and oxygen atoms in total. The molecule has 2 heterocycles. The van der Waals surface area contributed by atoms with Gasteiger partial charge in [-0.2, -0.15) is 0 Å². The summed E-state index contributed by atoms with van der Waals surface area (Å²) < 4.78 is 13.8. The van der Waals surface area contributed by atoms with Gasteiger partial charge in [-0.15, -0.1) is 0 Å². The van der Waals surface area contributed by atoms with E-state index in [2.05, 4.69) is 10.3 Å². The van der Waals surface area contributed by atoms with Gasteiger partial charge >= 0.3 is 0 Å². The third kappa shape index (κ3) is 2.66. The number of hydrogen-bond acceptors (Lipinski definition) is 2. The monoisotopic (exact) mass is 256 g/mol. The van der Waals surface area contributed by atoms with Gasteiger partial charge in [0.25, 0.3) is 0 Å². The van der Waals surface area contributed by atoms with Crippen LogP contribution in [0.25, 0.3) is 11.3 Å². The van der Waals surface area contributed by atoms with Gasteiger partial charge in [0.15, 0.2) is 0 Å². The molecule has 1 saturated heterocycles. The van der Waals surface area contributed by atoms with Crippen molar-refractivity contribution in [3.05, 3.63) is 54.0 Å². The third-order valence-corrected chi connectivity index (χ3v) is 3.64. The number of benzene rings is 1. The predicted molar refractivity (Wildman–Crippen MR) is 74.5 cm³/mol. The Labute approximate surface area is 112 Å². The SMILES string of the molecule is Fc1ccccc1-c1cccc([C@@H]2CCCNC2)n1. The molecule has 3 rings (SSSR count). The van der Waals surface area contributed by atoms with Crippen LogP contribution >= 0.6 is 0 Å². The van der Waals surface area contributed by atoms with E-state index < -0.39 is 0 Å². The van der Waals surface area contributed by atoms with Crippen LogP contribution < -0.4 is 5.32 Å². The largest absolute Gasteiger partial charge is 0.316 e. The highest BCUT2D eigenvalue weighted by Crippen LogP contribution is 2.25. The second kappa shape index (κ2) is 5.49. The van der Waals surface area contributed by atoms with Crippen LogP contribution in [-0.4, -0.2) is 18.1 Å². The zero-order valence-corrected chi connectivity index (χ0v) is 10.8. The molecule has 1 fully saturated rings. The van der Waals surface area contributed by atoms with E-state index in [1.54, 1.807) is 12.1 Å². The second-order valence-electron chi connectivity index (χ2n) is 4.97. The van der Waals surface area contributed by atoms with Gasteiger partial charge in [-0.1, -0.05) is 18.2 Å². The molecule has 2 aromatic rings. The minimum absolute atomic E-state index is 0.214. The number of piperidine rings is 1. The highest BCUT2D eigenvalue weighted by atomic mass is 19.1. The smallest absolute Gasteiger partial charge is 0.132 e. The van der Waals surface area contributed by atoms with E-state index in [-0.39, 0.29) is 5.82 Å². The van der Waals surface area contributed by atoms with Crippen molar-refractivity contribution in [2.45, 2.75) is 18.8 Å². The molecule has 0 spiro atoms. The Kier molecular flexibility index (Phi) is 3.56. The van der Waals surface area contributed by atoms with Gasteiger partial charge in [-0.05, 0) is 43.7 Å². The molecular formula is C16H17FN2. The van der Waals surface area contributed by atoms with E-state index >= 15 is 0 Å². The Hall–Kier alpha value is -1.74. The van der Waals surface area contributed by atoms with Gasteiger partial charge < -0.3 is 5.32 Å². The van der Waals surface area contributed by atoms with Gasteiger partial charge in [0, 0.05) is 23.7 Å². The van der Waals surface area contributed by atoms with E-state index in [0.29, 0.717) is 11.5 Å². The number of nitrogens with one attached hydrogen (secondary N) is 1. The molecule has 1 aromatic carbocycles. The second-order valence-corrected chi connectivity index (χ2v) is 4.97. The number of pyridine rings is 1. The summed E-state index contributed by atoms with van der Waals surface area (Å²) >= 11 is 0. The minimum Gasteiger partial charge on any atom is -0.316 e. The lowest BCUT2D eigenvalue weighted by molar-refractivity contribution is 0.455. The quantitative estimate of drug-likeness (QED) is 0.891. The van der Waals surface area contributed by atoms with E-state index in [9.17, 15) is 4.39 Å². The Morgan fingerprint density at radius 3 is 2.79 bits per heavy atom. The van der Waals surface area contributed by atoms with Gasteiger partial charge in [0.05, 0.1) is 5.69 Å². The summed E-state index contributed by atoms with van der Waals surface area (Å²) in [6, 6.07) is 12.7. The zero-order valence-electron chi connectivity index (χ0n) is 10.8. The molecule has 1 aliphatic heterocycles. The lowest BCUT2D eigenvalue weighted by Crippen LogP contribution is -2.28. The van der Waals surface area contributed by atoms with Crippen LogP contribution in [0, 0.1) is 5.82 Å². The van der Waals surface area contributed by atoms with Crippen LogP contribution in [0.3, 0.4) is 0 Å². The van der Waals surface area contributed by atoms with Crippen molar-refractivity contribution >= 4 is 0 Å². The molecule has 0 bridgehead atoms. The molecule has 19 heavy (non-hydrogen) atoms. The van der Waals surface area contributed by atoms with Gasteiger partial charge in [-0.25, -0.2) is 4.39 Å². The molecule has 1 atom stereocenters. The molecule has 1 aliphatic rings. The molecular weight excluding hydrogens is 239 g/mol. The first-order chi connectivity index (χ1) is 9.34. The van der Waals surface area contributed by atoms with Crippen molar-refractivity contribution in [1.82, 2.24) is 10.3 Å². The van der Waals surface area contributed by atoms with Crippen LogP contribution in [0.15, 0.2) is 42.5 Å². The first-order valence-corrected chi connectivity index (χ1v) is 6.77. The van der Waals surface area contributed by atoms with Crippen LogP contribution in [0.1, 0.15) is 24.5 Å². The fraction of sp³-hybridized carbons (Fsp3) is 0.312. The summed E-state index contributed by atoms with van der Waals surface area (Å²) in [7, 11) is 0. The van der Waals surface area contributed by atoms with Gasteiger partial charge in [0.2, 0.25) is 0 Å². The highest BCUT2D eigenvalue weighted by Gasteiger charge is 2.17. The summed E-state index contributed by atoms with van der Waals surface area (Å²) in [5, 5.41) is 3.39. The number of rotatable bonds is 2. The Bertz CT molecular complexity index is 562. The maximum atomic E-state index is 13.8. The molecule has 1 aromatic heterocycles. The normalized spacial score (nSPS) is 19.3. The lowest BCUT2D eigenvalue weighted by Gasteiger charge is -2.22. The zero-order chi connectivity index (χ0) is 13.1. The van der Waals surface area contributed by atoms with Crippen LogP contribution in [0.5, 0.6) is 0 Å². The number of nitrogens with zero attached hydrogens (tertiary/aromatic N) is 1. The summed E-state index contributed by atoms with van der Waals surface area (Å²) in [5.74, 6) is 0.231. The van der Waals surface area contributed by atoms with Crippen LogP contribution in [0.4, 0.5) is 4.39 Å². The Morgan fingerprint density at radius 1 is 1.11 bits per heavy atom. The van der Waals surface area contributed by atoms with Crippen molar-refractivity contribution in [1.29, 1.82) is 0 Å². The summed E-state index contributed by atoms with van der Waals surface area (Å²) in [5.41, 5.74) is 2.36. The summed E-state index contributed by atoms with van der Waals surface area (Å²) in [6.45, 7) is 2.05. The third-order valence-electron chi connectivity index (χ3n) is 3.64. The standard InChI is InChI=1S/C16H17FN2/c17-14-7-2-1-6-13(14)16-9-3-8-15(19-16)12-5-4-10-18-11-12/h1-3,6-9,12,18H,4-5,10-11H2/t12-/m1/s1. The molecule has 0 aliphatic carbocycles. The van der Waals surface area contributed by atoms with Crippen molar-refractivity contribution < 1.29 is 4.39 Å². The molecule has 0 radical (unpaired) electrons. The number of hydrogen-bond donors (Lipinski definition) is 1. The molecule has 1 N–H and O–H groups in total.